The lowest BCUT2D eigenvalue weighted by Gasteiger charge is -2.28. The quantitative estimate of drug-likeness (QED) is 0.323. The SMILES string of the molecule is CCCCC1(CCCC)Oc2ccc(C3CCC(CCc4ccc5c(c4)OCO5)N3CO)cc2S1.Cl. The fourth-order valence-electron chi connectivity index (χ4n) is 5.79. The van der Waals surface area contributed by atoms with E-state index in [1.807, 2.05) is 17.8 Å². The second-order valence-corrected chi connectivity index (χ2v) is 11.5. The minimum atomic E-state index is -0.105. The molecule has 2 unspecified atom stereocenters. The van der Waals surface area contributed by atoms with Crippen molar-refractivity contribution < 1.29 is 19.3 Å². The highest BCUT2D eigenvalue weighted by molar-refractivity contribution is 8.00. The normalized spacial score (nSPS) is 21.8. The number of hydrogen-bond donors (Lipinski definition) is 1. The van der Waals surface area contributed by atoms with E-state index in [0.29, 0.717) is 12.8 Å². The second kappa shape index (κ2) is 12.3. The van der Waals surface area contributed by atoms with E-state index in [1.165, 1.54) is 41.7 Å². The second-order valence-electron chi connectivity index (χ2n) is 10.2. The highest BCUT2D eigenvalue weighted by atomic mass is 35.5. The monoisotopic (exact) mass is 533 g/mol. The smallest absolute Gasteiger partial charge is 0.231 e. The molecule has 0 aliphatic carbocycles. The Bertz CT molecular complexity index is 1010. The number of fused-ring (bicyclic) bond motifs is 2. The van der Waals surface area contributed by atoms with Gasteiger partial charge in [-0.3, -0.25) is 4.90 Å². The Morgan fingerprint density at radius 2 is 1.72 bits per heavy atom. The molecule has 3 heterocycles. The van der Waals surface area contributed by atoms with Crippen molar-refractivity contribution in [3.8, 4) is 17.2 Å². The van der Waals surface area contributed by atoms with Crippen molar-refractivity contribution in [3.05, 3.63) is 47.5 Å². The zero-order chi connectivity index (χ0) is 24.3. The van der Waals surface area contributed by atoms with Crippen molar-refractivity contribution in [1.82, 2.24) is 4.90 Å². The molecule has 0 radical (unpaired) electrons. The number of nitrogens with zero attached hydrogens (tertiary/aromatic N) is 1. The predicted molar refractivity (Wildman–Crippen MR) is 148 cm³/mol. The number of halogens is 1. The third-order valence-electron chi connectivity index (χ3n) is 7.78. The van der Waals surface area contributed by atoms with Crippen molar-refractivity contribution in [2.24, 2.45) is 0 Å². The van der Waals surface area contributed by atoms with E-state index in [0.717, 1.165) is 55.8 Å². The van der Waals surface area contributed by atoms with E-state index in [-0.39, 0.29) is 30.1 Å². The molecule has 5 nitrogen and oxygen atoms in total. The maximum atomic E-state index is 10.3. The van der Waals surface area contributed by atoms with Gasteiger partial charge in [-0.25, -0.2) is 0 Å². The summed E-state index contributed by atoms with van der Waals surface area (Å²) in [5.41, 5.74) is 2.57. The molecule has 7 heteroatoms. The highest BCUT2D eigenvalue weighted by Crippen LogP contribution is 2.53. The summed E-state index contributed by atoms with van der Waals surface area (Å²) in [6, 6.07) is 13.6. The van der Waals surface area contributed by atoms with Gasteiger partial charge >= 0.3 is 0 Å². The van der Waals surface area contributed by atoms with Crippen molar-refractivity contribution in [2.75, 3.05) is 13.5 Å². The van der Waals surface area contributed by atoms with Gasteiger partial charge in [0.25, 0.3) is 0 Å². The van der Waals surface area contributed by atoms with Gasteiger partial charge in [0.05, 0.1) is 11.6 Å². The fraction of sp³-hybridized carbons (Fsp3) is 0.586. The molecule has 3 aliphatic heterocycles. The summed E-state index contributed by atoms with van der Waals surface area (Å²) in [4.78, 5) is 3.46. The van der Waals surface area contributed by atoms with Gasteiger partial charge in [0.1, 0.15) is 5.75 Å². The average Bonchev–Trinajstić information content (AvgIpc) is 3.60. The predicted octanol–water partition coefficient (Wildman–Crippen LogP) is 7.49. The number of likely N-dealkylation sites (tertiary alicyclic amines) is 1. The topological polar surface area (TPSA) is 51.2 Å². The number of aliphatic hydroxyl groups excluding tert-OH is 1. The first-order valence-corrected chi connectivity index (χ1v) is 14.2. The number of benzene rings is 2. The number of aryl methyl sites for hydroxylation is 1. The zero-order valence-corrected chi connectivity index (χ0v) is 23.2. The van der Waals surface area contributed by atoms with Crippen LogP contribution in [0, 0.1) is 0 Å². The first-order valence-electron chi connectivity index (χ1n) is 13.4. The molecule has 1 saturated heterocycles. The van der Waals surface area contributed by atoms with E-state index < -0.39 is 0 Å². The van der Waals surface area contributed by atoms with Gasteiger partial charge in [0, 0.05) is 12.1 Å². The first kappa shape index (κ1) is 27.4. The van der Waals surface area contributed by atoms with E-state index >= 15 is 0 Å². The van der Waals surface area contributed by atoms with E-state index in [2.05, 4.69) is 49.1 Å². The van der Waals surface area contributed by atoms with Crippen LogP contribution < -0.4 is 14.2 Å². The Balaban J connectivity index is 0.00000304. The van der Waals surface area contributed by atoms with Crippen LogP contribution in [0.25, 0.3) is 0 Å². The number of unbranched alkanes of at least 4 members (excludes halogenated alkanes) is 2. The molecule has 0 spiro atoms. The largest absolute Gasteiger partial charge is 0.475 e. The number of thioether (sulfide) groups is 1. The minimum Gasteiger partial charge on any atom is -0.475 e. The summed E-state index contributed by atoms with van der Waals surface area (Å²) in [5.74, 6) is 2.72. The van der Waals surface area contributed by atoms with Gasteiger partial charge in [0.15, 0.2) is 16.4 Å². The maximum absolute atomic E-state index is 10.3. The third-order valence-corrected chi connectivity index (χ3v) is 9.18. The van der Waals surface area contributed by atoms with Crippen LogP contribution in [0.3, 0.4) is 0 Å². The van der Waals surface area contributed by atoms with Crippen molar-refractivity contribution in [1.29, 1.82) is 0 Å². The molecule has 36 heavy (non-hydrogen) atoms. The Hall–Kier alpha value is -1.60. The van der Waals surface area contributed by atoms with Gasteiger partial charge < -0.3 is 19.3 Å². The number of ether oxygens (including phenoxy) is 3. The van der Waals surface area contributed by atoms with Gasteiger partial charge in [0.2, 0.25) is 6.79 Å². The lowest BCUT2D eigenvalue weighted by molar-refractivity contribution is 0.0595. The lowest BCUT2D eigenvalue weighted by Crippen LogP contribution is -2.32. The summed E-state index contributed by atoms with van der Waals surface area (Å²) in [7, 11) is 0. The molecule has 0 amide bonds. The summed E-state index contributed by atoms with van der Waals surface area (Å²) < 4.78 is 17.6. The van der Waals surface area contributed by atoms with Crippen molar-refractivity contribution in [3.63, 3.8) is 0 Å². The number of aliphatic hydroxyl groups is 1. The molecule has 1 fully saturated rings. The molecule has 1 N–H and O–H groups in total. The molecule has 3 aliphatic rings. The Morgan fingerprint density at radius 3 is 2.47 bits per heavy atom. The van der Waals surface area contributed by atoms with Crippen LogP contribution in [0.2, 0.25) is 0 Å². The van der Waals surface area contributed by atoms with Crippen molar-refractivity contribution >= 4 is 24.2 Å². The standard InChI is InChI=1S/C29H39NO4S.ClH/c1-3-5-15-29(16-6-4-2)34-26-14-9-22(18-28(26)35-29)24-12-11-23(30(24)19-31)10-7-21-8-13-25-27(17-21)33-20-32-25;/h8-9,13-14,17-18,23-24,31H,3-7,10-12,15-16,19-20H2,1-2H3;1H. The zero-order valence-electron chi connectivity index (χ0n) is 21.5. The molecular weight excluding hydrogens is 494 g/mol. The third kappa shape index (κ3) is 5.77. The van der Waals surface area contributed by atoms with E-state index in [4.69, 9.17) is 14.2 Å². The molecular formula is C29H40ClNO4S. The Morgan fingerprint density at radius 1 is 0.972 bits per heavy atom. The molecule has 0 saturated carbocycles. The van der Waals surface area contributed by atoms with Crippen LogP contribution >= 0.6 is 24.2 Å². The van der Waals surface area contributed by atoms with Gasteiger partial charge in [-0.15, -0.1) is 12.4 Å². The van der Waals surface area contributed by atoms with E-state index in [1.54, 1.807) is 0 Å². The molecule has 2 aromatic carbocycles. The van der Waals surface area contributed by atoms with Crippen LogP contribution in [0.15, 0.2) is 41.3 Å². The minimum absolute atomic E-state index is 0. The van der Waals surface area contributed by atoms with Crippen molar-refractivity contribution in [2.45, 2.75) is 100.0 Å². The Labute approximate surface area is 226 Å². The molecule has 2 atom stereocenters. The highest BCUT2D eigenvalue weighted by Gasteiger charge is 2.40. The van der Waals surface area contributed by atoms with Gasteiger partial charge in [-0.2, -0.15) is 0 Å². The average molecular weight is 534 g/mol. The van der Waals surface area contributed by atoms with E-state index in [9.17, 15) is 5.11 Å². The summed E-state index contributed by atoms with van der Waals surface area (Å²) >= 11 is 1.94. The number of rotatable bonds is 11. The van der Waals surface area contributed by atoms with Crippen LogP contribution in [0.4, 0.5) is 0 Å². The molecule has 0 aromatic heterocycles. The van der Waals surface area contributed by atoms with Crippen LogP contribution in [-0.4, -0.2) is 34.5 Å². The summed E-state index contributed by atoms with van der Waals surface area (Å²) in [6.07, 6.45) is 11.2. The van der Waals surface area contributed by atoms with Gasteiger partial charge in [-0.05, 0) is 86.8 Å². The molecule has 198 valence electrons. The Kier molecular flexibility index (Phi) is 9.37. The molecule has 2 aromatic rings. The van der Waals surface area contributed by atoms with Gasteiger partial charge in [-0.1, -0.05) is 50.6 Å². The maximum Gasteiger partial charge on any atom is 0.231 e. The van der Waals surface area contributed by atoms with Crippen LogP contribution in [0.1, 0.15) is 88.8 Å². The van der Waals surface area contributed by atoms with Crippen LogP contribution in [-0.2, 0) is 6.42 Å². The summed E-state index contributed by atoms with van der Waals surface area (Å²) in [6.45, 7) is 4.91. The lowest BCUT2D eigenvalue weighted by atomic mass is 10.0. The molecule has 0 bridgehead atoms. The fourth-order valence-corrected chi connectivity index (χ4v) is 7.22. The molecule has 5 rings (SSSR count). The summed E-state index contributed by atoms with van der Waals surface area (Å²) in [5, 5.41) is 10.3. The van der Waals surface area contributed by atoms with Crippen LogP contribution in [0.5, 0.6) is 17.2 Å². The first-order chi connectivity index (χ1) is 17.1. The number of hydrogen-bond acceptors (Lipinski definition) is 6.